The molecule has 0 aliphatic carbocycles. The highest BCUT2D eigenvalue weighted by Crippen LogP contribution is 2.27. The number of hydrogen-bond acceptors (Lipinski definition) is 8. The van der Waals surface area contributed by atoms with E-state index in [1.54, 1.807) is 41.8 Å². The Balaban J connectivity index is 1.72. The number of thioether (sulfide) groups is 1. The van der Waals surface area contributed by atoms with Gasteiger partial charge in [0.25, 0.3) is 5.91 Å². The van der Waals surface area contributed by atoms with Crippen molar-refractivity contribution in [1.82, 2.24) is 9.97 Å². The zero-order chi connectivity index (χ0) is 19.9. The van der Waals surface area contributed by atoms with Crippen molar-refractivity contribution in [1.29, 1.82) is 5.26 Å². The lowest BCUT2D eigenvalue weighted by molar-refractivity contribution is -0.388. The molecule has 3 rings (SSSR count). The number of para-hydroxylation sites is 1. The molecule has 138 valence electrons. The van der Waals surface area contributed by atoms with Gasteiger partial charge < -0.3 is 10.6 Å². The molecule has 0 spiro atoms. The van der Waals surface area contributed by atoms with Gasteiger partial charge in [-0.2, -0.15) is 10.2 Å². The summed E-state index contributed by atoms with van der Waals surface area (Å²) in [7, 11) is 0. The Morgan fingerprint density at radius 3 is 2.46 bits per heavy atom. The molecule has 0 aliphatic rings. The van der Waals surface area contributed by atoms with E-state index in [1.807, 2.05) is 18.2 Å². The van der Waals surface area contributed by atoms with Crippen molar-refractivity contribution in [2.75, 3.05) is 10.6 Å². The smallest absolute Gasteiger partial charge is 0.320 e. The van der Waals surface area contributed by atoms with Gasteiger partial charge in [-0.15, -0.1) is 0 Å². The molecule has 0 atom stereocenters. The van der Waals surface area contributed by atoms with Crippen LogP contribution in [0.3, 0.4) is 0 Å². The Bertz CT molecular complexity index is 1050. The van der Waals surface area contributed by atoms with Gasteiger partial charge in [-0.25, -0.2) is 4.98 Å². The highest BCUT2D eigenvalue weighted by molar-refractivity contribution is 8.03. The maximum absolute atomic E-state index is 12.2. The van der Waals surface area contributed by atoms with Crippen LogP contribution in [0.25, 0.3) is 0 Å². The maximum Gasteiger partial charge on any atom is 0.320 e. The zero-order valence-electron chi connectivity index (χ0n) is 14.2. The van der Waals surface area contributed by atoms with Gasteiger partial charge >= 0.3 is 5.69 Å². The molecule has 1 aromatic heterocycles. The number of nitriles is 1. The molecule has 2 N–H and O–H groups in total. The Kier molecular flexibility index (Phi) is 5.78. The van der Waals surface area contributed by atoms with Crippen LogP contribution < -0.4 is 10.6 Å². The number of anilines is 3. The van der Waals surface area contributed by atoms with Gasteiger partial charge in [0.2, 0.25) is 5.95 Å². The molecular formula is C18H12N6O3S. The topological polar surface area (TPSA) is 134 Å². The fraction of sp³-hybridized carbons (Fsp3) is 0. The molecule has 3 aromatic rings. The molecule has 0 radical (unpaired) electrons. The molecule has 0 fully saturated rings. The Morgan fingerprint density at radius 1 is 1.11 bits per heavy atom. The standard InChI is InChI=1S/C18H12N6O3S/c19-11-28-17-15(24(26)27)10-20-18(23-17)22-14-8-6-12(7-9-14)16(25)21-13-4-2-1-3-5-13/h1-10H,(H,21,25)(H,20,22,23). The summed E-state index contributed by atoms with van der Waals surface area (Å²) in [5, 5.41) is 27.1. The summed E-state index contributed by atoms with van der Waals surface area (Å²) >= 11 is 0.582. The molecule has 0 aliphatic heterocycles. The quantitative estimate of drug-likeness (QED) is 0.212. The molecule has 0 bridgehead atoms. The highest BCUT2D eigenvalue weighted by atomic mass is 32.2. The van der Waals surface area contributed by atoms with Crippen molar-refractivity contribution in [3.05, 3.63) is 76.5 Å². The maximum atomic E-state index is 12.2. The summed E-state index contributed by atoms with van der Waals surface area (Å²) < 4.78 is 0. The average Bonchev–Trinajstić information content (AvgIpc) is 2.69. The minimum absolute atomic E-state index is 0.0520. The van der Waals surface area contributed by atoms with Gasteiger partial charge in [0.05, 0.1) is 4.92 Å². The number of nitrogens with one attached hydrogen (secondary N) is 2. The molecule has 2 aromatic carbocycles. The molecule has 1 amide bonds. The summed E-state index contributed by atoms with van der Waals surface area (Å²) in [6, 6.07) is 15.6. The SMILES string of the molecule is N#CSc1nc(Nc2ccc(C(=O)Nc3ccccc3)cc2)ncc1[N+](=O)[O-]. The van der Waals surface area contributed by atoms with Crippen LogP contribution in [0.2, 0.25) is 0 Å². The Labute approximate surface area is 163 Å². The number of nitro groups is 1. The predicted octanol–water partition coefficient (Wildman–Crippen LogP) is 3.95. The van der Waals surface area contributed by atoms with Crippen LogP contribution >= 0.6 is 11.8 Å². The van der Waals surface area contributed by atoms with E-state index in [4.69, 9.17) is 5.26 Å². The summed E-state index contributed by atoms with van der Waals surface area (Å²) in [4.78, 5) is 30.4. The van der Waals surface area contributed by atoms with Crippen molar-refractivity contribution in [2.24, 2.45) is 0 Å². The lowest BCUT2D eigenvalue weighted by atomic mass is 10.2. The zero-order valence-corrected chi connectivity index (χ0v) is 15.0. The van der Waals surface area contributed by atoms with Crippen LogP contribution in [-0.2, 0) is 0 Å². The van der Waals surface area contributed by atoms with Crippen LogP contribution in [0.1, 0.15) is 10.4 Å². The van der Waals surface area contributed by atoms with Crippen LogP contribution in [0.4, 0.5) is 23.0 Å². The largest absolute Gasteiger partial charge is 0.324 e. The number of rotatable bonds is 6. The second kappa shape index (κ2) is 8.61. The Hall–Kier alpha value is -3.97. The minimum Gasteiger partial charge on any atom is -0.324 e. The molecule has 9 nitrogen and oxygen atoms in total. The van der Waals surface area contributed by atoms with E-state index < -0.39 is 4.92 Å². The summed E-state index contributed by atoms with van der Waals surface area (Å²) in [6.07, 6.45) is 1.04. The van der Waals surface area contributed by atoms with Gasteiger partial charge in [0.15, 0.2) is 5.03 Å². The third-order valence-corrected chi connectivity index (χ3v) is 4.09. The summed E-state index contributed by atoms with van der Waals surface area (Å²) in [5.74, 6) is -0.151. The predicted molar refractivity (Wildman–Crippen MR) is 104 cm³/mol. The van der Waals surface area contributed by atoms with Crippen molar-refractivity contribution in [3.8, 4) is 5.40 Å². The van der Waals surface area contributed by atoms with E-state index in [2.05, 4.69) is 20.6 Å². The average molecular weight is 392 g/mol. The number of thiocyanates is 1. The number of carbonyl (C=O) groups excluding carboxylic acids is 1. The second-order valence-electron chi connectivity index (χ2n) is 5.36. The van der Waals surface area contributed by atoms with Crippen LogP contribution in [-0.4, -0.2) is 20.8 Å². The number of benzene rings is 2. The lowest BCUT2D eigenvalue weighted by Crippen LogP contribution is -2.11. The van der Waals surface area contributed by atoms with E-state index in [9.17, 15) is 14.9 Å². The fourth-order valence-corrected chi connectivity index (χ4v) is 2.67. The first kappa shape index (κ1) is 18.8. The van der Waals surface area contributed by atoms with Gasteiger partial charge in [-0.1, -0.05) is 18.2 Å². The van der Waals surface area contributed by atoms with E-state index in [1.165, 1.54) is 0 Å². The molecule has 1 heterocycles. The number of amides is 1. The molecule has 0 saturated carbocycles. The molecular weight excluding hydrogens is 380 g/mol. The Morgan fingerprint density at radius 2 is 1.82 bits per heavy atom. The van der Waals surface area contributed by atoms with Gasteiger partial charge in [0, 0.05) is 28.7 Å². The van der Waals surface area contributed by atoms with Crippen molar-refractivity contribution >= 4 is 40.7 Å². The number of carbonyl (C=O) groups is 1. The van der Waals surface area contributed by atoms with E-state index in [0.717, 1.165) is 6.20 Å². The van der Waals surface area contributed by atoms with E-state index >= 15 is 0 Å². The molecule has 0 unspecified atom stereocenters. The highest BCUT2D eigenvalue weighted by Gasteiger charge is 2.18. The van der Waals surface area contributed by atoms with Crippen molar-refractivity contribution in [3.63, 3.8) is 0 Å². The first-order chi connectivity index (χ1) is 13.6. The number of nitrogens with zero attached hydrogens (tertiary/aromatic N) is 4. The normalized spacial score (nSPS) is 9.96. The summed E-state index contributed by atoms with van der Waals surface area (Å²) in [5.41, 5.74) is 1.39. The van der Waals surface area contributed by atoms with Gasteiger partial charge in [-0.05, 0) is 36.4 Å². The fourth-order valence-electron chi connectivity index (χ4n) is 2.22. The molecule has 28 heavy (non-hydrogen) atoms. The molecule has 0 saturated heterocycles. The van der Waals surface area contributed by atoms with E-state index in [-0.39, 0.29) is 22.6 Å². The second-order valence-corrected chi connectivity index (χ2v) is 6.13. The molecule has 10 heteroatoms. The van der Waals surface area contributed by atoms with Crippen LogP contribution in [0.5, 0.6) is 0 Å². The van der Waals surface area contributed by atoms with Gasteiger partial charge in [-0.3, -0.25) is 14.9 Å². The summed E-state index contributed by atoms with van der Waals surface area (Å²) in [6.45, 7) is 0. The number of hydrogen-bond donors (Lipinski definition) is 2. The lowest BCUT2D eigenvalue weighted by Gasteiger charge is -2.08. The van der Waals surface area contributed by atoms with Crippen LogP contribution in [0, 0.1) is 20.8 Å². The number of aromatic nitrogens is 2. The third-order valence-electron chi connectivity index (χ3n) is 3.51. The van der Waals surface area contributed by atoms with Crippen molar-refractivity contribution < 1.29 is 9.72 Å². The van der Waals surface area contributed by atoms with Gasteiger partial charge in [0.1, 0.15) is 11.6 Å². The first-order valence-electron chi connectivity index (χ1n) is 7.87. The first-order valence-corrected chi connectivity index (χ1v) is 8.69. The monoisotopic (exact) mass is 392 g/mol. The van der Waals surface area contributed by atoms with E-state index in [0.29, 0.717) is 28.7 Å². The minimum atomic E-state index is -0.649. The van der Waals surface area contributed by atoms with Crippen molar-refractivity contribution in [2.45, 2.75) is 5.03 Å². The third kappa shape index (κ3) is 4.60. The van der Waals surface area contributed by atoms with Crippen LogP contribution in [0.15, 0.2) is 65.8 Å².